The van der Waals surface area contributed by atoms with Gasteiger partial charge in [0.15, 0.2) is 11.5 Å². The zero-order valence-corrected chi connectivity index (χ0v) is 8.85. The minimum Gasteiger partial charge on any atom is -0.454 e. The van der Waals surface area contributed by atoms with Crippen molar-refractivity contribution in [2.75, 3.05) is 17.6 Å². The fraction of sp³-hybridized carbons (Fsp3) is 0.333. The number of benzene rings is 1. The van der Waals surface area contributed by atoms with Gasteiger partial charge in [0.2, 0.25) is 6.79 Å². The predicted octanol–water partition coefficient (Wildman–Crippen LogP) is 2.49. The highest BCUT2D eigenvalue weighted by atomic mass is 79.9. The standard InChI is InChI=1S/C9H10BrNO2/c1-6-2-8-9(13-5-12-8)3-7(6)11-4-10/h2-3,11H,4-5H2,1H3. The van der Waals surface area contributed by atoms with Gasteiger partial charge in [0.05, 0.1) is 5.45 Å². The van der Waals surface area contributed by atoms with Crippen LogP contribution in [0.4, 0.5) is 5.69 Å². The Hall–Kier alpha value is -0.900. The van der Waals surface area contributed by atoms with Gasteiger partial charge in [-0.25, -0.2) is 0 Å². The Balaban J connectivity index is 2.37. The lowest BCUT2D eigenvalue weighted by Gasteiger charge is -2.07. The van der Waals surface area contributed by atoms with Crippen LogP contribution in [0.5, 0.6) is 11.5 Å². The number of aryl methyl sites for hydroxylation is 1. The summed E-state index contributed by atoms with van der Waals surface area (Å²) in [5.41, 5.74) is 2.96. The Morgan fingerprint density at radius 1 is 1.38 bits per heavy atom. The Bertz CT molecular complexity index is 328. The highest BCUT2D eigenvalue weighted by Crippen LogP contribution is 2.36. The van der Waals surface area contributed by atoms with Crippen molar-refractivity contribution in [2.24, 2.45) is 0 Å². The lowest BCUT2D eigenvalue weighted by molar-refractivity contribution is 0.174. The van der Waals surface area contributed by atoms with Crippen molar-refractivity contribution in [3.63, 3.8) is 0 Å². The minimum atomic E-state index is 0.326. The molecule has 13 heavy (non-hydrogen) atoms. The molecule has 0 saturated heterocycles. The van der Waals surface area contributed by atoms with E-state index < -0.39 is 0 Å². The van der Waals surface area contributed by atoms with E-state index >= 15 is 0 Å². The minimum absolute atomic E-state index is 0.326. The van der Waals surface area contributed by atoms with E-state index in [9.17, 15) is 0 Å². The zero-order chi connectivity index (χ0) is 9.26. The van der Waals surface area contributed by atoms with Crippen LogP contribution in [0, 0.1) is 6.92 Å². The average Bonchev–Trinajstić information content (AvgIpc) is 2.52. The van der Waals surface area contributed by atoms with Gasteiger partial charge in [0.25, 0.3) is 0 Å². The van der Waals surface area contributed by atoms with E-state index in [2.05, 4.69) is 21.2 Å². The van der Waals surface area contributed by atoms with Gasteiger partial charge in [-0.15, -0.1) is 0 Å². The molecular weight excluding hydrogens is 234 g/mol. The number of hydrogen-bond donors (Lipinski definition) is 1. The first-order valence-corrected chi connectivity index (χ1v) is 5.13. The van der Waals surface area contributed by atoms with Gasteiger partial charge < -0.3 is 14.8 Å². The van der Waals surface area contributed by atoms with Crippen LogP contribution in [-0.4, -0.2) is 12.2 Å². The number of ether oxygens (including phenoxy) is 2. The number of anilines is 1. The fourth-order valence-electron chi connectivity index (χ4n) is 1.31. The number of nitrogens with one attached hydrogen (secondary N) is 1. The van der Waals surface area contributed by atoms with Crippen LogP contribution in [0.3, 0.4) is 0 Å². The highest BCUT2D eigenvalue weighted by molar-refractivity contribution is 9.09. The first-order valence-electron chi connectivity index (χ1n) is 4.01. The maximum Gasteiger partial charge on any atom is 0.231 e. The van der Waals surface area contributed by atoms with Gasteiger partial charge in [-0.3, -0.25) is 0 Å². The molecule has 0 radical (unpaired) electrons. The lowest BCUT2D eigenvalue weighted by atomic mass is 10.2. The molecule has 0 atom stereocenters. The quantitative estimate of drug-likeness (QED) is 0.640. The number of rotatable bonds is 2. The van der Waals surface area contributed by atoms with Gasteiger partial charge in [-0.1, -0.05) is 15.9 Å². The normalized spacial score (nSPS) is 13.1. The number of fused-ring (bicyclic) bond motifs is 1. The van der Waals surface area contributed by atoms with E-state index in [1.54, 1.807) is 0 Å². The molecule has 0 bridgehead atoms. The molecule has 0 aliphatic carbocycles. The molecule has 0 aromatic heterocycles. The molecule has 0 unspecified atom stereocenters. The maximum absolute atomic E-state index is 5.26. The highest BCUT2D eigenvalue weighted by Gasteiger charge is 2.14. The summed E-state index contributed by atoms with van der Waals surface area (Å²) in [4.78, 5) is 0. The van der Waals surface area contributed by atoms with E-state index in [1.165, 1.54) is 0 Å². The molecule has 1 aliphatic heterocycles. The van der Waals surface area contributed by atoms with Crippen molar-refractivity contribution < 1.29 is 9.47 Å². The summed E-state index contributed by atoms with van der Waals surface area (Å²) in [6.45, 7) is 2.36. The second kappa shape index (κ2) is 3.46. The summed E-state index contributed by atoms with van der Waals surface area (Å²) in [5.74, 6) is 1.65. The molecule has 3 nitrogen and oxygen atoms in total. The smallest absolute Gasteiger partial charge is 0.231 e. The molecule has 2 rings (SSSR count). The van der Waals surface area contributed by atoms with E-state index in [1.807, 2.05) is 19.1 Å². The van der Waals surface area contributed by atoms with Gasteiger partial charge in [-0.2, -0.15) is 0 Å². The van der Waals surface area contributed by atoms with Crippen molar-refractivity contribution in [1.82, 2.24) is 0 Å². The summed E-state index contributed by atoms with van der Waals surface area (Å²) in [6.07, 6.45) is 0. The Morgan fingerprint density at radius 2 is 2.08 bits per heavy atom. The van der Waals surface area contributed by atoms with Crippen molar-refractivity contribution >= 4 is 21.6 Å². The molecule has 1 heterocycles. The van der Waals surface area contributed by atoms with E-state index in [-0.39, 0.29) is 0 Å². The molecule has 1 N–H and O–H groups in total. The molecule has 0 saturated carbocycles. The monoisotopic (exact) mass is 243 g/mol. The third-order valence-corrected chi connectivity index (χ3v) is 2.26. The van der Waals surface area contributed by atoms with Crippen LogP contribution in [0.1, 0.15) is 5.56 Å². The molecule has 70 valence electrons. The van der Waals surface area contributed by atoms with Crippen molar-refractivity contribution in [1.29, 1.82) is 0 Å². The molecule has 1 aromatic carbocycles. The van der Waals surface area contributed by atoms with Crippen molar-refractivity contribution in [3.05, 3.63) is 17.7 Å². The number of halogens is 1. The van der Waals surface area contributed by atoms with Crippen LogP contribution in [-0.2, 0) is 0 Å². The van der Waals surface area contributed by atoms with Gasteiger partial charge in [-0.05, 0) is 18.6 Å². The molecule has 4 heteroatoms. The van der Waals surface area contributed by atoms with Crippen LogP contribution in [0.25, 0.3) is 0 Å². The Morgan fingerprint density at radius 3 is 2.77 bits per heavy atom. The fourth-order valence-corrected chi connectivity index (χ4v) is 1.61. The van der Waals surface area contributed by atoms with Crippen LogP contribution >= 0.6 is 15.9 Å². The van der Waals surface area contributed by atoms with Gasteiger partial charge in [0.1, 0.15) is 0 Å². The topological polar surface area (TPSA) is 30.5 Å². The van der Waals surface area contributed by atoms with Gasteiger partial charge >= 0.3 is 0 Å². The maximum atomic E-state index is 5.26. The summed E-state index contributed by atoms with van der Waals surface area (Å²) in [5, 5.41) is 3.19. The van der Waals surface area contributed by atoms with E-state index in [0.29, 0.717) is 6.79 Å². The third kappa shape index (κ3) is 1.58. The van der Waals surface area contributed by atoms with Crippen LogP contribution in [0.2, 0.25) is 0 Å². The van der Waals surface area contributed by atoms with Crippen LogP contribution in [0.15, 0.2) is 12.1 Å². The zero-order valence-electron chi connectivity index (χ0n) is 7.26. The second-order valence-electron chi connectivity index (χ2n) is 2.83. The molecule has 0 fully saturated rings. The van der Waals surface area contributed by atoms with Crippen molar-refractivity contribution in [3.8, 4) is 11.5 Å². The van der Waals surface area contributed by atoms with Gasteiger partial charge in [0, 0.05) is 11.8 Å². The average molecular weight is 244 g/mol. The Labute approximate surface area is 85.2 Å². The summed E-state index contributed by atoms with van der Waals surface area (Å²) in [6, 6.07) is 3.94. The van der Waals surface area contributed by atoms with Crippen molar-refractivity contribution in [2.45, 2.75) is 6.92 Å². The molecule has 0 spiro atoms. The summed E-state index contributed by atoms with van der Waals surface area (Å²) < 4.78 is 10.5. The molecule has 1 aliphatic rings. The largest absolute Gasteiger partial charge is 0.454 e. The van der Waals surface area contributed by atoms with Crippen LogP contribution < -0.4 is 14.8 Å². The molecular formula is C9H10BrNO2. The number of alkyl halides is 1. The molecule has 0 amide bonds. The van der Waals surface area contributed by atoms with E-state index in [4.69, 9.17) is 9.47 Å². The first kappa shape index (κ1) is 8.69. The SMILES string of the molecule is Cc1cc2c(cc1NCBr)OCO2. The first-order chi connectivity index (χ1) is 6.31. The Kier molecular flexibility index (Phi) is 2.31. The predicted molar refractivity (Wildman–Crippen MR) is 54.7 cm³/mol. The third-order valence-electron chi connectivity index (χ3n) is 1.98. The number of hydrogen-bond acceptors (Lipinski definition) is 3. The molecule has 1 aromatic rings. The lowest BCUT2D eigenvalue weighted by Crippen LogP contribution is -1.96. The second-order valence-corrected chi connectivity index (χ2v) is 3.39. The summed E-state index contributed by atoms with van der Waals surface area (Å²) in [7, 11) is 0. The van der Waals surface area contributed by atoms with E-state index in [0.717, 1.165) is 28.2 Å². The summed E-state index contributed by atoms with van der Waals surface area (Å²) >= 11 is 3.32.